The Labute approximate surface area is 103 Å². The molecule has 0 bridgehead atoms. The fourth-order valence-electron chi connectivity index (χ4n) is 0.813. The Kier molecular flexibility index (Phi) is 6.00. The van der Waals surface area contributed by atoms with Gasteiger partial charge in [-0.05, 0) is 12.1 Å². The van der Waals surface area contributed by atoms with E-state index in [-0.39, 0.29) is 5.12 Å². The molecule has 0 spiro atoms. The molecule has 3 nitrogen and oxygen atoms in total. The third-order valence-corrected chi connectivity index (χ3v) is 1.55. The normalized spacial score (nSPS) is 10.1. The zero-order chi connectivity index (χ0) is 12.8. The first-order valence-electron chi connectivity index (χ1n) is 4.89. The number of para-hydroxylation sites is 1. The summed E-state index contributed by atoms with van der Waals surface area (Å²) in [5, 5.41) is -0.387. The molecular formula is C12H19NO2S. The lowest BCUT2D eigenvalue weighted by Crippen LogP contribution is -2.27. The van der Waals surface area contributed by atoms with Gasteiger partial charge in [-0.15, -0.1) is 0 Å². The highest BCUT2D eigenvalue weighted by molar-refractivity contribution is 7.77. The first-order valence-corrected chi connectivity index (χ1v) is 5.30. The van der Waals surface area contributed by atoms with Gasteiger partial charge in [-0.3, -0.25) is 0 Å². The molecule has 0 heterocycles. The van der Waals surface area contributed by atoms with E-state index in [9.17, 15) is 4.79 Å². The van der Waals surface area contributed by atoms with E-state index in [2.05, 4.69) is 40.8 Å². The van der Waals surface area contributed by atoms with E-state index in [0.717, 1.165) is 4.48 Å². The Balaban J connectivity index is 0.000000385. The average Bonchev–Trinajstić information content (AvgIpc) is 2.15. The highest BCUT2D eigenvalue weighted by atomic mass is 32.1. The zero-order valence-corrected chi connectivity index (χ0v) is 11.3. The molecule has 4 heteroatoms. The van der Waals surface area contributed by atoms with Gasteiger partial charge in [-0.25, -0.2) is 0 Å². The van der Waals surface area contributed by atoms with Crippen molar-refractivity contribution in [3.05, 3.63) is 29.8 Å². The first kappa shape index (κ1) is 14.9. The summed E-state index contributed by atoms with van der Waals surface area (Å²) in [5.41, 5.74) is 0.449. The van der Waals surface area contributed by atoms with Crippen molar-refractivity contribution in [2.45, 2.75) is 0 Å². The maximum atomic E-state index is 10.8. The highest BCUT2D eigenvalue weighted by Crippen LogP contribution is 2.16. The van der Waals surface area contributed by atoms with Gasteiger partial charge >= 0.3 is 0 Å². The summed E-state index contributed by atoms with van der Waals surface area (Å²) in [6, 6.07) is 6.90. The first-order chi connectivity index (χ1) is 7.25. The molecule has 90 valence electrons. The summed E-state index contributed by atoms with van der Waals surface area (Å²) in [5.74, 6) is 0.535. The number of benzene rings is 1. The van der Waals surface area contributed by atoms with Crippen molar-refractivity contribution in [1.29, 1.82) is 0 Å². The number of ether oxygens (including phenoxy) is 1. The summed E-state index contributed by atoms with van der Waals surface area (Å²) in [7, 11) is 10.0. The highest BCUT2D eigenvalue weighted by Gasteiger charge is 1.99. The molecule has 16 heavy (non-hydrogen) atoms. The average molecular weight is 241 g/mol. The van der Waals surface area contributed by atoms with Crippen LogP contribution >= 0.6 is 0 Å². The molecule has 0 radical (unpaired) electrons. The van der Waals surface area contributed by atoms with Gasteiger partial charge in [0.2, 0.25) is 0 Å². The smallest absolute Gasteiger partial charge is 0.127 e. The third kappa shape index (κ3) is 7.20. The molecule has 0 aliphatic rings. The number of carbonyl (C=O) groups is 1. The van der Waals surface area contributed by atoms with Crippen LogP contribution in [0.25, 0.3) is 0 Å². The van der Waals surface area contributed by atoms with Gasteiger partial charge in [0.1, 0.15) is 5.75 Å². The fraction of sp³-hybridized carbons (Fsp3) is 0.417. The standard InChI is InChI=1S/C8H8O2S.C4H12N/c1-10-7-5-3-2-4-6(7)8(9)11;1-5(2,3)4/h2-5H,1H3,(H,9,11);1-4H3/q;+1/p-1. The molecule has 0 saturated carbocycles. The Morgan fingerprint density at radius 1 is 1.19 bits per heavy atom. The van der Waals surface area contributed by atoms with E-state index in [1.54, 1.807) is 24.3 Å². The van der Waals surface area contributed by atoms with E-state index in [1.165, 1.54) is 7.11 Å². The molecule has 0 N–H and O–H groups in total. The number of methoxy groups -OCH3 is 1. The zero-order valence-electron chi connectivity index (χ0n) is 10.5. The van der Waals surface area contributed by atoms with E-state index < -0.39 is 0 Å². The second-order valence-corrected chi connectivity index (χ2v) is 5.04. The molecule has 0 atom stereocenters. The van der Waals surface area contributed by atoms with E-state index in [1.807, 2.05) is 0 Å². The van der Waals surface area contributed by atoms with Crippen molar-refractivity contribution in [1.82, 2.24) is 0 Å². The Morgan fingerprint density at radius 2 is 1.62 bits per heavy atom. The number of hydrogen-bond acceptors (Lipinski definition) is 3. The number of rotatable bonds is 2. The van der Waals surface area contributed by atoms with Crippen LogP contribution in [0.5, 0.6) is 5.75 Å². The van der Waals surface area contributed by atoms with E-state index >= 15 is 0 Å². The molecule has 1 aromatic carbocycles. The van der Waals surface area contributed by atoms with Crippen molar-refractivity contribution >= 4 is 17.7 Å². The van der Waals surface area contributed by atoms with Crippen LogP contribution < -0.4 is 4.74 Å². The Bertz CT molecular complexity index is 339. The largest absolute Gasteiger partial charge is 0.737 e. The monoisotopic (exact) mass is 241 g/mol. The molecule has 0 unspecified atom stereocenters. The SMILES string of the molecule is COc1ccccc1C(=O)[S-].C[N+](C)(C)C. The molecule has 1 aromatic rings. The topological polar surface area (TPSA) is 26.3 Å². The molecular weight excluding hydrogens is 222 g/mol. The van der Waals surface area contributed by atoms with E-state index in [4.69, 9.17) is 4.74 Å². The maximum Gasteiger partial charge on any atom is 0.127 e. The second-order valence-electron chi connectivity index (χ2n) is 4.67. The van der Waals surface area contributed by atoms with Crippen LogP contribution in [0.4, 0.5) is 0 Å². The minimum absolute atomic E-state index is 0.387. The fourth-order valence-corrected chi connectivity index (χ4v) is 0.982. The van der Waals surface area contributed by atoms with Gasteiger partial charge in [0, 0.05) is 10.7 Å². The van der Waals surface area contributed by atoms with Crippen molar-refractivity contribution in [2.75, 3.05) is 35.3 Å². The maximum absolute atomic E-state index is 10.8. The second kappa shape index (κ2) is 6.45. The molecule has 0 aliphatic carbocycles. The summed E-state index contributed by atoms with van der Waals surface area (Å²) in [4.78, 5) is 10.8. The van der Waals surface area contributed by atoms with Crippen molar-refractivity contribution in [3.63, 3.8) is 0 Å². The minimum Gasteiger partial charge on any atom is -0.737 e. The van der Waals surface area contributed by atoms with Crippen LogP contribution in [-0.2, 0) is 12.6 Å². The van der Waals surface area contributed by atoms with Gasteiger partial charge in [0.25, 0.3) is 0 Å². The minimum atomic E-state index is -0.387. The Morgan fingerprint density at radius 3 is 1.94 bits per heavy atom. The number of quaternary nitrogens is 1. The predicted octanol–water partition coefficient (Wildman–Crippen LogP) is 1.70. The van der Waals surface area contributed by atoms with Crippen LogP contribution in [0.1, 0.15) is 10.4 Å². The predicted molar refractivity (Wildman–Crippen MR) is 68.6 cm³/mol. The van der Waals surface area contributed by atoms with Crippen LogP contribution in [0.2, 0.25) is 0 Å². The lowest BCUT2D eigenvalue weighted by molar-refractivity contribution is -0.849. The van der Waals surface area contributed by atoms with Gasteiger partial charge in [-0.2, -0.15) is 0 Å². The van der Waals surface area contributed by atoms with Crippen LogP contribution in [-0.4, -0.2) is 44.9 Å². The molecule has 0 saturated heterocycles. The van der Waals surface area contributed by atoms with E-state index in [0.29, 0.717) is 11.3 Å². The van der Waals surface area contributed by atoms with Crippen LogP contribution in [0, 0.1) is 0 Å². The van der Waals surface area contributed by atoms with Crippen LogP contribution in [0.3, 0.4) is 0 Å². The third-order valence-electron chi connectivity index (χ3n) is 1.33. The lowest BCUT2D eigenvalue weighted by Gasteiger charge is -2.14. The Hall–Kier alpha value is -1.13. The quantitative estimate of drug-likeness (QED) is 0.582. The lowest BCUT2D eigenvalue weighted by atomic mass is 10.2. The van der Waals surface area contributed by atoms with Crippen molar-refractivity contribution in [2.24, 2.45) is 0 Å². The van der Waals surface area contributed by atoms with Gasteiger partial charge in [0.05, 0.1) is 35.3 Å². The van der Waals surface area contributed by atoms with Crippen LogP contribution in [0.15, 0.2) is 24.3 Å². The molecule has 0 amide bonds. The van der Waals surface area contributed by atoms with Crippen molar-refractivity contribution in [3.8, 4) is 5.75 Å². The number of hydrogen-bond donors (Lipinski definition) is 0. The molecule has 0 aliphatic heterocycles. The van der Waals surface area contributed by atoms with Gasteiger partial charge in [0.15, 0.2) is 0 Å². The van der Waals surface area contributed by atoms with Crippen molar-refractivity contribution < 1.29 is 14.0 Å². The summed E-state index contributed by atoms with van der Waals surface area (Å²) in [6.45, 7) is 0. The summed E-state index contributed by atoms with van der Waals surface area (Å²) in [6.07, 6.45) is 0. The number of carbonyl (C=O) groups excluding carboxylic acids is 1. The number of nitrogens with zero attached hydrogens (tertiary/aromatic N) is 1. The molecule has 0 aromatic heterocycles. The van der Waals surface area contributed by atoms with Gasteiger partial charge < -0.3 is 26.6 Å². The molecule has 0 fully saturated rings. The summed E-state index contributed by atoms with van der Waals surface area (Å²) >= 11 is 4.48. The molecule has 1 rings (SSSR count). The van der Waals surface area contributed by atoms with Gasteiger partial charge in [-0.1, -0.05) is 12.1 Å². The summed E-state index contributed by atoms with van der Waals surface area (Å²) < 4.78 is 5.92.